The van der Waals surface area contributed by atoms with Gasteiger partial charge < -0.3 is 10.2 Å². The number of aromatic nitrogens is 1. The second kappa shape index (κ2) is 9.13. The maximum atomic E-state index is 12.0. The molecular formula is C13H21Cl2N3O. The first-order chi connectivity index (χ1) is 8.27. The molecule has 4 nitrogen and oxygen atoms in total. The normalized spacial score (nSPS) is 17.2. The lowest BCUT2D eigenvalue weighted by atomic mass is 10.1. The van der Waals surface area contributed by atoms with Crippen LogP contribution in [0.5, 0.6) is 0 Å². The number of carbonyl (C=O) groups is 1. The first kappa shape index (κ1) is 18.2. The summed E-state index contributed by atoms with van der Waals surface area (Å²) < 4.78 is 0. The van der Waals surface area contributed by atoms with E-state index in [0.717, 1.165) is 32.4 Å². The van der Waals surface area contributed by atoms with Gasteiger partial charge in [-0.3, -0.25) is 9.78 Å². The van der Waals surface area contributed by atoms with E-state index in [4.69, 9.17) is 0 Å². The maximum absolute atomic E-state index is 12.0. The smallest absolute Gasteiger partial charge is 0.239 e. The van der Waals surface area contributed by atoms with E-state index < -0.39 is 0 Å². The van der Waals surface area contributed by atoms with Crippen molar-refractivity contribution in [2.24, 2.45) is 0 Å². The van der Waals surface area contributed by atoms with Crippen LogP contribution in [-0.2, 0) is 11.2 Å². The van der Waals surface area contributed by atoms with Gasteiger partial charge in [0.25, 0.3) is 0 Å². The summed E-state index contributed by atoms with van der Waals surface area (Å²) in [5.41, 5.74) is 1.22. The first-order valence-corrected chi connectivity index (χ1v) is 6.14. The minimum atomic E-state index is 0. The molecule has 19 heavy (non-hydrogen) atoms. The maximum Gasteiger partial charge on any atom is 0.239 e. The van der Waals surface area contributed by atoms with E-state index in [-0.39, 0.29) is 36.8 Å². The van der Waals surface area contributed by atoms with Crippen molar-refractivity contribution in [1.82, 2.24) is 15.2 Å². The van der Waals surface area contributed by atoms with Crippen molar-refractivity contribution in [2.75, 3.05) is 20.1 Å². The van der Waals surface area contributed by atoms with E-state index in [1.165, 1.54) is 5.56 Å². The van der Waals surface area contributed by atoms with Gasteiger partial charge in [0.15, 0.2) is 0 Å². The number of halogens is 2. The van der Waals surface area contributed by atoms with Crippen molar-refractivity contribution >= 4 is 30.7 Å². The Hall–Kier alpha value is -0.840. The Balaban J connectivity index is 0.00000162. The lowest BCUT2D eigenvalue weighted by Gasteiger charge is -2.21. The number of nitrogens with zero attached hydrogens (tertiary/aromatic N) is 2. The molecule has 1 amide bonds. The molecule has 1 aliphatic rings. The van der Waals surface area contributed by atoms with Crippen LogP contribution in [-0.4, -0.2) is 42.0 Å². The Bertz CT molecular complexity index is 369. The molecule has 108 valence electrons. The van der Waals surface area contributed by atoms with Gasteiger partial charge in [-0.2, -0.15) is 0 Å². The lowest BCUT2D eigenvalue weighted by molar-refractivity contribution is -0.131. The summed E-state index contributed by atoms with van der Waals surface area (Å²) in [5.74, 6) is 0.219. The molecule has 0 aliphatic carbocycles. The van der Waals surface area contributed by atoms with E-state index in [1.807, 2.05) is 24.1 Å². The van der Waals surface area contributed by atoms with Gasteiger partial charge in [0.05, 0.1) is 6.04 Å². The molecule has 0 aromatic carbocycles. The van der Waals surface area contributed by atoms with Crippen LogP contribution >= 0.6 is 24.8 Å². The van der Waals surface area contributed by atoms with Gasteiger partial charge in [0, 0.05) is 26.0 Å². The Kier molecular flexibility index (Phi) is 8.72. The largest absolute Gasteiger partial charge is 0.344 e. The molecule has 1 aromatic heterocycles. The second-order valence-corrected chi connectivity index (χ2v) is 4.51. The van der Waals surface area contributed by atoms with E-state index in [1.54, 1.807) is 12.4 Å². The van der Waals surface area contributed by atoms with Crippen LogP contribution in [0, 0.1) is 0 Å². The molecule has 2 rings (SSSR count). The van der Waals surface area contributed by atoms with Crippen molar-refractivity contribution in [1.29, 1.82) is 0 Å². The molecule has 1 fully saturated rings. The van der Waals surface area contributed by atoms with Crippen molar-refractivity contribution in [2.45, 2.75) is 25.3 Å². The first-order valence-electron chi connectivity index (χ1n) is 6.14. The second-order valence-electron chi connectivity index (χ2n) is 4.51. The highest BCUT2D eigenvalue weighted by Crippen LogP contribution is 2.08. The quantitative estimate of drug-likeness (QED) is 0.920. The summed E-state index contributed by atoms with van der Waals surface area (Å²) in [6, 6.07) is 4.02. The van der Waals surface area contributed by atoms with Gasteiger partial charge in [0.1, 0.15) is 0 Å². The summed E-state index contributed by atoms with van der Waals surface area (Å²) in [6.07, 6.45) is 6.54. The summed E-state index contributed by atoms with van der Waals surface area (Å²) >= 11 is 0. The number of carbonyl (C=O) groups excluding carboxylic acids is 1. The molecule has 1 aliphatic heterocycles. The van der Waals surface area contributed by atoms with Gasteiger partial charge in [-0.1, -0.05) is 0 Å². The molecule has 2 heterocycles. The van der Waals surface area contributed by atoms with Crippen LogP contribution < -0.4 is 5.32 Å². The zero-order valence-corrected chi connectivity index (χ0v) is 12.7. The molecule has 1 N–H and O–H groups in total. The number of amides is 1. The number of likely N-dealkylation sites (N-methyl/N-ethyl adjacent to an activating group) is 1. The number of hydrogen-bond acceptors (Lipinski definition) is 3. The third-order valence-corrected chi connectivity index (χ3v) is 3.22. The zero-order chi connectivity index (χ0) is 12.1. The van der Waals surface area contributed by atoms with Gasteiger partial charge in [-0.05, 0) is 43.5 Å². The van der Waals surface area contributed by atoms with Crippen LogP contribution in [0.25, 0.3) is 0 Å². The molecule has 6 heteroatoms. The van der Waals surface area contributed by atoms with Crippen LogP contribution in [0.4, 0.5) is 0 Å². The predicted octanol–water partition coefficient (Wildman–Crippen LogP) is 1.68. The summed E-state index contributed by atoms with van der Waals surface area (Å²) in [6.45, 7) is 1.73. The average Bonchev–Trinajstić information content (AvgIpc) is 2.90. The van der Waals surface area contributed by atoms with Crippen molar-refractivity contribution in [3.63, 3.8) is 0 Å². The molecule has 1 aromatic rings. The Morgan fingerprint density at radius 2 is 2.11 bits per heavy atom. The van der Waals surface area contributed by atoms with Crippen LogP contribution in [0.15, 0.2) is 24.5 Å². The van der Waals surface area contributed by atoms with E-state index in [0.29, 0.717) is 0 Å². The number of pyridine rings is 1. The highest BCUT2D eigenvalue weighted by Gasteiger charge is 2.24. The highest BCUT2D eigenvalue weighted by molar-refractivity contribution is 5.85. The van der Waals surface area contributed by atoms with Gasteiger partial charge in [0.2, 0.25) is 5.91 Å². The van der Waals surface area contributed by atoms with E-state index in [2.05, 4.69) is 10.3 Å². The fourth-order valence-electron chi connectivity index (χ4n) is 2.12. The number of rotatable bonds is 4. The van der Waals surface area contributed by atoms with Gasteiger partial charge >= 0.3 is 0 Å². The van der Waals surface area contributed by atoms with Crippen molar-refractivity contribution in [3.8, 4) is 0 Å². The number of nitrogens with one attached hydrogen (secondary N) is 1. The van der Waals surface area contributed by atoms with Gasteiger partial charge in [-0.25, -0.2) is 0 Å². The predicted molar refractivity (Wildman–Crippen MR) is 81.1 cm³/mol. The summed E-state index contributed by atoms with van der Waals surface area (Å²) in [7, 11) is 1.88. The topological polar surface area (TPSA) is 45.2 Å². The molecule has 1 atom stereocenters. The zero-order valence-electron chi connectivity index (χ0n) is 11.0. The summed E-state index contributed by atoms with van der Waals surface area (Å²) in [5, 5.41) is 3.23. The van der Waals surface area contributed by atoms with Crippen LogP contribution in [0.1, 0.15) is 18.4 Å². The third kappa shape index (κ3) is 5.35. The Morgan fingerprint density at radius 1 is 1.42 bits per heavy atom. The monoisotopic (exact) mass is 305 g/mol. The fraction of sp³-hybridized carbons (Fsp3) is 0.538. The standard InChI is InChI=1S/C13H19N3O.2ClH/c1-16(13(17)12-3-2-7-15-12)10-6-11-4-8-14-9-5-11;;/h4-5,8-9,12,15H,2-3,6-7,10H2,1H3;2*1H/t12-;;/m0../s1. The molecule has 0 radical (unpaired) electrons. The molecule has 0 bridgehead atoms. The minimum absolute atomic E-state index is 0. The molecule has 0 saturated carbocycles. The van der Waals surface area contributed by atoms with Gasteiger partial charge in [-0.15, -0.1) is 24.8 Å². The SMILES string of the molecule is CN(CCc1ccncc1)C(=O)[C@@H]1CCCN1.Cl.Cl. The fourth-order valence-corrected chi connectivity index (χ4v) is 2.12. The van der Waals surface area contributed by atoms with Crippen molar-refractivity contribution in [3.05, 3.63) is 30.1 Å². The minimum Gasteiger partial charge on any atom is -0.344 e. The highest BCUT2D eigenvalue weighted by atomic mass is 35.5. The summed E-state index contributed by atoms with van der Waals surface area (Å²) in [4.78, 5) is 17.8. The average molecular weight is 306 g/mol. The van der Waals surface area contributed by atoms with Crippen molar-refractivity contribution < 1.29 is 4.79 Å². The lowest BCUT2D eigenvalue weighted by Crippen LogP contribution is -2.42. The van der Waals surface area contributed by atoms with E-state index in [9.17, 15) is 4.79 Å². The molecular weight excluding hydrogens is 285 g/mol. The molecule has 0 unspecified atom stereocenters. The number of hydrogen-bond donors (Lipinski definition) is 1. The molecule has 0 spiro atoms. The Morgan fingerprint density at radius 3 is 2.68 bits per heavy atom. The van der Waals surface area contributed by atoms with Crippen LogP contribution in [0.3, 0.4) is 0 Å². The van der Waals surface area contributed by atoms with E-state index >= 15 is 0 Å². The Labute approximate surface area is 126 Å². The third-order valence-electron chi connectivity index (χ3n) is 3.22. The van der Waals surface area contributed by atoms with Crippen LogP contribution in [0.2, 0.25) is 0 Å². The molecule has 1 saturated heterocycles.